The number of hydrogen-bond donors (Lipinski definition) is 3. The van der Waals surface area contributed by atoms with Gasteiger partial charge in [-0.05, 0) is 54.8 Å². The van der Waals surface area contributed by atoms with Gasteiger partial charge in [0, 0.05) is 17.3 Å². The van der Waals surface area contributed by atoms with Gasteiger partial charge in [-0.1, -0.05) is 12.6 Å². The Labute approximate surface area is 144 Å². The topological polar surface area (TPSA) is 101 Å². The minimum atomic E-state index is -0.483. The summed E-state index contributed by atoms with van der Waals surface area (Å²) in [5.74, 6) is -0.373. The normalized spacial score (nSPS) is 10.6. The van der Waals surface area contributed by atoms with Crippen molar-refractivity contribution in [1.82, 2.24) is 9.97 Å². The Morgan fingerprint density at radius 1 is 1.24 bits per heavy atom. The molecule has 2 heterocycles. The van der Waals surface area contributed by atoms with Gasteiger partial charge in [0.2, 0.25) is 5.91 Å². The molecule has 0 saturated carbocycles. The highest BCUT2D eigenvalue weighted by Gasteiger charge is 2.15. The van der Waals surface area contributed by atoms with Gasteiger partial charge in [-0.25, -0.2) is 4.98 Å². The molecule has 0 aliphatic heterocycles. The van der Waals surface area contributed by atoms with Crippen LogP contribution in [0.1, 0.15) is 21.6 Å². The van der Waals surface area contributed by atoms with Crippen molar-refractivity contribution in [2.24, 2.45) is 5.73 Å². The number of aryl methyl sites for hydroxylation is 2. The minimum Gasteiger partial charge on any atom is -0.366 e. The van der Waals surface area contributed by atoms with Crippen LogP contribution >= 0.6 is 0 Å². The number of amides is 2. The number of carbonyl (C=O) groups excluding carboxylic acids is 2. The molecule has 4 N–H and O–H groups in total. The lowest BCUT2D eigenvalue weighted by Gasteiger charge is -2.11. The van der Waals surface area contributed by atoms with Crippen LogP contribution in [0.2, 0.25) is 0 Å². The fourth-order valence-electron chi connectivity index (χ4n) is 2.85. The van der Waals surface area contributed by atoms with E-state index in [4.69, 9.17) is 5.73 Å². The van der Waals surface area contributed by atoms with Crippen LogP contribution in [-0.2, 0) is 4.79 Å². The number of rotatable bonds is 4. The van der Waals surface area contributed by atoms with Crippen LogP contribution in [0.5, 0.6) is 0 Å². The molecule has 126 valence electrons. The molecular formula is C19H18N4O2. The Kier molecular flexibility index (Phi) is 4.10. The van der Waals surface area contributed by atoms with E-state index in [0.717, 1.165) is 27.8 Å². The van der Waals surface area contributed by atoms with Gasteiger partial charge in [0.05, 0.1) is 11.1 Å². The smallest absolute Gasteiger partial charge is 0.250 e. The highest BCUT2D eigenvalue weighted by molar-refractivity contribution is 6.09. The monoisotopic (exact) mass is 334 g/mol. The van der Waals surface area contributed by atoms with Crippen LogP contribution in [-0.4, -0.2) is 21.8 Å². The first-order valence-electron chi connectivity index (χ1n) is 7.73. The van der Waals surface area contributed by atoms with Crippen LogP contribution in [0.3, 0.4) is 0 Å². The first-order valence-corrected chi connectivity index (χ1v) is 7.73. The maximum Gasteiger partial charge on any atom is 0.250 e. The number of nitrogens with zero attached hydrogens (tertiary/aromatic N) is 1. The van der Waals surface area contributed by atoms with Gasteiger partial charge in [-0.3, -0.25) is 9.59 Å². The number of hydrogen-bond acceptors (Lipinski definition) is 3. The summed E-state index contributed by atoms with van der Waals surface area (Å²) < 4.78 is 0. The van der Waals surface area contributed by atoms with Gasteiger partial charge in [-0.15, -0.1) is 0 Å². The van der Waals surface area contributed by atoms with Crippen molar-refractivity contribution in [3.63, 3.8) is 0 Å². The summed E-state index contributed by atoms with van der Waals surface area (Å²) in [7, 11) is 0. The predicted octanol–water partition coefficient (Wildman–Crippen LogP) is 3.07. The fourth-order valence-corrected chi connectivity index (χ4v) is 2.85. The van der Waals surface area contributed by atoms with Crippen molar-refractivity contribution in [3.05, 3.63) is 59.9 Å². The third-order valence-electron chi connectivity index (χ3n) is 4.02. The number of aromatic nitrogens is 2. The summed E-state index contributed by atoms with van der Waals surface area (Å²) in [5, 5.41) is 3.55. The number of primary amides is 1. The Morgan fingerprint density at radius 3 is 2.68 bits per heavy atom. The summed E-state index contributed by atoms with van der Waals surface area (Å²) in [6, 6.07) is 7.34. The molecule has 0 spiro atoms. The van der Waals surface area contributed by atoms with E-state index in [0.29, 0.717) is 16.9 Å². The fraction of sp³-hybridized carbons (Fsp3) is 0.105. The number of aromatic amines is 1. The Bertz CT molecular complexity index is 1020. The molecule has 0 fully saturated rings. The zero-order chi connectivity index (χ0) is 18.1. The molecule has 0 atom stereocenters. The quantitative estimate of drug-likeness (QED) is 0.639. The van der Waals surface area contributed by atoms with Crippen LogP contribution in [0, 0.1) is 13.8 Å². The Balaban J connectivity index is 2.21. The number of pyridine rings is 1. The van der Waals surface area contributed by atoms with Crippen LogP contribution in [0.4, 0.5) is 5.82 Å². The molecule has 0 bridgehead atoms. The minimum absolute atomic E-state index is 0.325. The van der Waals surface area contributed by atoms with Crippen molar-refractivity contribution in [2.75, 3.05) is 5.32 Å². The van der Waals surface area contributed by atoms with Crippen molar-refractivity contribution in [2.45, 2.75) is 13.8 Å². The van der Waals surface area contributed by atoms with Crippen molar-refractivity contribution in [3.8, 4) is 11.1 Å². The lowest BCUT2D eigenvalue weighted by atomic mass is 9.96. The maximum atomic E-state index is 11.7. The van der Waals surface area contributed by atoms with E-state index in [1.807, 2.05) is 26.0 Å². The van der Waals surface area contributed by atoms with E-state index in [1.165, 1.54) is 6.08 Å². The molecular weight excluding hydrogens is 316 g/mol. The molecule has 0 aliphatic rings. The number of fused-ring (bicyclic) bond motifs is 1. The number of benzene rings is 1. The number of nitrogens with one attached hydrogen (secondary N) is 2. The van der Waals surface area contributed by atoms with Crippen LogP contribution < -0.4 is 11.1 Å². The van der Waals surface area contributed by atoms with Crippen molar-refractivity contribution < 1.29 is 9.59 Å². The van der Waals surface area contributed by atoms with Crippen LogP contribution in [0.15, 0.2) is 43.1 Å². The number of carbonyl (C=O) groups is 2. The average molecular weight is 334 g/mol. The zero-order valence-corrected chi connectivity index (χ0v) is 14.0. The van der Waals surface area contributed by atoms with Crippen molar-refractivity contribution >= 4 is 28.5 Å². The first-order chi connectivity index (χ1) is 11.9. The van der Waals surface area contributed by atoms with Gasteiger partial charge in [0.15, 0.2) is 0 Å². The molecule has 2 amide bonds. The second kappa shape index (κ2) is 6.24. The summed E-state index contributed by atoms with van der Waals surface area (Å²) in [6.07, 6.45) is 2.89. The molecule has 3 rings (SSSR count). The van der Waals surface area contributed by atoms with Gasteiger partial charge in [0.1, 0.15) is 5.82 Å². The molecule has 2 aromatic heterocycles. The van der Waals surface area contributed by atoms with Gasteiger partial charge in [0.25, 0.3) is 5.91 Å². The first kappa shape index (κ1) is 16.4. The third kappa shape index (κ3) is 3.01. The molecule has 25 heavy (non-hydrogen) atoms. The zero-order valence-electron chi connectivity index (χ0n) is 14.0. The molecule has 0 radical (unpaired) electrons. The summed E-state index contributed by atoms with van der Waals surface area (Å²) in [4.78, 5) is 30.6. The van der Waals surface area contributed by atoms with E-state index in [9.17, 15) is 9.59 Å². The molecule has 3 aromatic rings. The maximum absolute atomic E-state index is 11.7. The number of anilines is 1. The van der Waals surface area contributed by atoms with Gasteiger partial charge < -0.3 is 16.0 Å². The predicted molar refractivity (Wildman–Crippen MR) is 98.3 cm³/mol. The van der Waals surface area contributed by atoms with E-state index in [1.54, 1.807) is 18.3 Å². The molecule has 6 nitrogen and oxygen atoms in total. The number of nitrogens with two attached hydrogens (primary N) is 1. The SMILES string of the molecule is C=CC(=O)Nc1cc(-c2ccc(C(N)=O)c3[nH]c(C)cc23)c(C)cn1. The Morgan fingerprint density at radius 2 is 2.00 bits per heavy atom. The van der Waals surface area contributed by atoms with E-state index >= 15 is 0 Å². The largest absolute Gasteiger partial charge is 0.366 e. The second-order valence-electron chi connectivity index (χ2n) is 5.84. The van der Waals surface area contributed by atoms with Crippen LogP contribution in [0.25, 0.3) is 22.0 Å². The number of H-pyrrole nitrogens is 1. The summed E-state index contributed by atoms with van der Waals surface area (Å²) in [6.45, 7) is 7.30. The lowest BCUT2D eigenvalue weighted by molar-refractivity contribution is -0.111. The third-order valence-corrected chi connectivity index (χ3v) is 4.02. The standard InChI is InChI=1S/C19H18N4O2/c1-4-17(24)23-16-8-14(10(2)9-21-16)12-5-6-13(19(20)25)18-15(12)7-11(3)22-18/h4-9,22H,1H2,2-3H3,(H2,20,25)(H,21,23,24). The summed E-state index contributed by atoms with van der Waals surface area (Å²) in [5.41, 5.74) is 10.3. The van der Waals surface area contributed by atoms with E-state index in [2.05, 4.69) is 21.9 Å². The molecule has 0 unspecified atom stereocenters. The highest BCUT2D eigenvalue weighted by Crippen LogP contribution is 2.34. The Hall–Kier alpha value is -3.41. The van der Waals surface area contributed by atoms with Gasteiger partial charge >= 0.3 is 0 Å². The molecule has 1 aromatic carbocycles. The van der Waals surface area contributed by atoms with E-state index in [-0.39, 0.29) is 5.91 Å². The van der Waals surface area contributed by atoms with Gasteiger partial charge in [-0.2, -0.15) is 0 Å². The molecule has 0 saturated heterocycles. The van der Waals surface area contributed by atoms with Crippen molar-refractivity contribution in [1.29, 1.82) is 0 Å². The molecule has 0 aliphatic carbocycles. The average Bonchev–Trinajstić information content (AvgIpc) is 2.96. The van der Waals surface area contributed by atoms with E-state index < -0.39 is 5.91 Å². The summed E-state index contributed by atoms with van der Waals surface area (Å²) >= 11 is 0. The second-order valence-corrected chi connectivity index (χ2v) is 5.84. The lowest BCUT2D eigenvalue weighted by Crippen LogP contribution is -2.11. The molecule has 6 heteroatoms. The highest BCUT2D eigenvalue weighted by atomic mass is 16.1.